The van der Waals surface area contributed by atoms with E-state index in [1.165, 1.54) is 0 Å². The predicted octanol–water partition coefficient (Wildman–Crippen LogP) is 0.650. The zero-order valence-corrected chi connectivity index (χ0v) is 12.7. The molecule has 2 amide bonds. The number of carbonyl (C=O) groups is 2. The summed E-state index contributed by atoms with van der Waals surface area (Å²) in [6.07, 6.45) is 4.07. The number of fused-ring (bicyclic) bond motifs is 1. The minimum atomic E-state index is -0.961. The van der Waals surface area contributed by atoms with Crippen molar-refractivity contribution in [1.82, 2.24) is 10.2 Å². The second kappa shape index (κ2) is 5.71. The molecule has 0 aromatic carbocycles. The molecule has 7 heteroatoms. The number of urea groups is 1. The molecule has 2 N–H and O–H groups in total. The highest BCUT2D eigenvalue weighted by Gasteiger charge is 2.55. The van der Waals surface area contributed by atoms with Gasteiger partial charge in [-0.3, -0.25) is 9.00 Å². The van der Waals surface area contributed by atoms with Gasteiger partial charge in [0.05, 0.1) is 5.41 Å². The number of nitrogens with zero attached hydrogens (tertiary/aromatic N) is 1. The molecule has 2 unspecified atom stereocenters. The Labute approximate surface area is 121 Å². The van der Waals surface area contributed by atoms with Crippen LogP contribution in [0.3, 0.4) is 0 Å². The molecule has 1 aliphatic heterocycles. The number of aliphatic carboxylic acids is 1. The number of rotatable bonds is 4. The van der Waals surface area contributed by atoms with Crippen molar-refractivity contribution in [2.24, 2.45) is 11.3 Å². The van der Waals surface area contributed by atoms with Crippen LogP contribution in [0.15, 0.2) is 0 Å². The molecule has 0 aromatic rings. The Morgan fingerprint density at radius 2 is 2.25 bits per heavy atom. The van der Waals surface area contributed by atoms with Gasteiger partial charge in [0.25, 0.3) is 0 Å². The number of carbonyl (C=O) groups excluding carboxylic acids is 1. The summed E-state index contributed by atoms with van der Waals surface area (Å²) in [5.41, 5.74) is -0.742. The summed E-state index contributed by atoms with van der Waals surface area (Å²) in [6, 6.07) is -0.410. The van der Waals surface area contributed by atoms with Crippen molar-refractivity contribution >= 4 is 22.8 Å². The van der Waals surface area contributed by atoms with E-state index in [9.17, 15) is 18.9 Å². The topological polar surface area (TPSA) is 86.7 Å². The molecule has 0 spiro atoms. The summed E-state index contributed by atoms with van der Waals surface area (Å²) in [5, 5.41) is 12.3. The second-order valence-corrected chi connectivity index (χ2v) is 7.50. The van der Waals surface area contributed by atoms with Gasteiger partial charge >= 0.3 is 12.0 Å². The number of hydrogen-bond acceptors (Lipinski definition) is 3. The van der Waals surface area contributed by atoms with E-state index in [2.05, 4.69) is 5.32 Å². The molecule has 114 valence electrons. The van der Waals surface area contributed by atoms with Gasteiger partial charge in [0, 0.05) is 41.9 Å². The van der Waals surface area contributed by atoms with E-state index in [0.717, 1.165) is 12.8 Å². The molecule has 0 aromatic heterocycles. The van der Waals surface area contributed by atoms with Crippen molar-refractivity contribution in [1.29, 1.82) is 0 Å². The lowest BCUT2D eigenvalue weighted by Crippen LogP contribution is -2.46. The first-order valence-electron chi connectivity index (χ1n) is 6.94. The third-order valence-electron chi connectivity index (χ3n) is 4.44. The lowest BCUT2D eigenvalue weighted by Gasteiger charge is -2.24. The van der Waals surface area contributed by atoms with Crippen LogP contribution in [-0.2, 0) is 15.6 Å². The average Bonchev–Trinajstić information content (AvgIpc) is 2.83. The van der Waals surface area contributed by atoms with Crippen LogP contribution in [0, 0.1) is 11.3 Å². The third kappa shape index (κ3) is 2.82. The maximum absolute atomic E-state index is 12.2. The third-order valence-corrected chi connectivity index (χ3v) is 5.41. The van der Waals surface area contributed by atoms with Crippen molar-refractivity contribution in [3.63, 3.8) is 0 Å². The van der Waals surface area contributed by atoms with Crippen molar-refractivity contribution in [3.05, 3.63) is 0 Å². The van der Waals surface area contributed by atoms with Gasteiger partial charge in [0.2, 0.25) is 0 Å². The van der Waals surface area contributed by atoms with Gasteiger partial charge in [-0.15, -0.1) is 0 Å². The van der Waals surface area contributed by atoms with E-state index >= 15 is 0 Å². The summed E-state index contributed by atoms with van der Waals surface area (Å²) in [4.78, 5) is 25.3. The number of carboxylic acids is 1. The minimum Gasteiger partial charge on any atom is -0.481 e. The normalized spacial score (nSPS) is 31.7. The van der Waals surface area contributed by atoms with Crippen molar-refractivity contribution < 1.29 is 18.9 Å². The molecular weight excluding hydrogens is 280 g/mol. The van der Waals surface area contributed by atoms with Gasteiger partial charge in [0.1, 0.15) is 0 Å². The van der Waals surface area contributed by atoms with E-state index in [4.69, 9.17) is 0 Å². The summed E-state index contributed by atoms with van der Waals surface area (Å²) in [5.74, 6) is -0.299. The van der Waals surface area contributed by atoms with Gasteiger partial charge in [-0.2, -0.15) is 0 Å². The Kier molecular flexibility index (Phi) is 4.36. The summed E-state index contributed by atoms with van der Waals surface area (Å²) >= 11 is 0. The zero-order valence-electron chi connectivity index (χ0n) is 11.9. The monoisotopic (exact) mass is 302 g/mol. The highest BCUT2D eigenvalue weighted by atomic mass is 32.2. The standard InChI is InChI=1S/C13H22N2O4S/c1-9(7-20(2)19)14-12(18)15-6-10-4-3-5-13(10,8-15)11(16)17/h9-10H,3-8H2,1-2H3,(H,14,18)(H,16,17)/t9?,10-,13+,20?/m0/s1. The molecule has 0 bridgehead atoms. The molecule has 6 nitrogen and oxygen atoms in total. The first-order valence-corrected chi connectivity index (χ1v) is 8.67. The van der Waals surface area contributed by atoms with Gasteiger partial charge in [-0.05, 0) is 25.7 Å². The quantitative estimate of drug-likeness (QED) is 0.798. The fourth-order valence-electron chi connectivity index (χ4n) is 3.49. The Morgan fingerprint density at radius 1 is 1.55 bits per heavy atom. The maximum Gasteiger partial charge on any atom is 0.317 e. The Morgan fingerprint density at radius 3 is 2.80 bits per heavy atom. The highest BCUT2D eigenvalue weighted by Crippen LogP contribution is 2.48. The van der Waals surface area contributed by atoms with Crippen LogP contribution in [0.25, 0.3) is 0 Å². The molecule has 20 heavy (non-hydrogen) atoms. The van der Waals surface area contributed by atoms with Crippen molar-refractivity contribution in [3.8, 4) is 0 Å². The number of nitrogens with one attached hydrogen (secondary N) is 1. The Hall–Kier alpha value is -1.11. The second-order valence-electron chi connectivity index (χ2n) is 6.02. The lowest BCUT2D eigenvalue weighted by atomic mass is 9.81. The Balaban J connectivity index is 1.97. The SMILES string of the molecule is CC(CS(C)=O)NC(=O)N1C[C@@H]2CCC[C@@]2(C(=O)O)C1. The lowest BCUT2D eigenvalue weighted by molar-refractivity contribution is -0.149. The number of carboxylic acid groups (broad SMARTS) is 1. The molecule has 2 aliphatic rings. The maximum atomic E-state index is 12.2. The fraction of sp³-hybridized carbons (Fsp3) is 0.846. The van der Waals surface area contributed by atoms with Crippen molar-refractivity contribution in [2.75, 3.05) is 25.1 Å². The van der Waals surface area contributed by atoms with Crippen LogP contribution in [0.2, 0.25) is 0 Å². The first kappa shape index (κ1) is 15.3. The smallest absolute Gasteiger partial charge is 0.317 e. The van der Waals surface area contributed by atoms with E-state index < -0.39 is 22.2 Å². The van der Waals surface area contributed by atoms with E-state index in [1.807, 2.05) is 6.92 Å². The van der Waals surface area contributed by atoms with Crippen LogP contribution in [0.5, 0.6) is 0 Å². The van der Waals surface area contributed by atoms with Gasteiger partial charge in [0.15, 0.2) is 0 Å². The molecule has 2 rings (SSSR count). The molecule has 0 radical (unpaired) electrons. The van der Waals surface area contributed by atoms with Gasteiger partial charge in [-0.25, -0.2) is 4.79 Å². The fourth-order valence-corrected chi connectivity index (χ4v) is 4.28. The molecule has 1 saturated heterocycles. The van der Waals surface area contributed by atoms with Crippen LogP contribution >= 0.6 is 0 Å². The summed E-state index contributed by atoms with van der Waals surface area (Å²) < 4.78 is 11.1. The van der Waals surface area contributed by atoms with Crippen LogP contribution in [0.4, 0.5) is 4.79 Å². The average molecular weight is 302 g/mol. The van der Waals surface area contributed by atoms with E-state index in [0.29, 0.717) is 25.3 Å². The van der Waals surface area contributed by atoms with Crippen LogP contribution in [-0.4, -0.2) is 57.4 Å². The highest BCUT2D eigenvalue weighted by molar-refractivity contribution is 7.84. The van der Waals surface area contributed by atoms with E-state index in [-0.39, 0.29) is 18.0 Å². The van der Waals surface area contributed by atoms with Gasteiger partial charge < -0.3 is 15.3 Å². The Bertz CT molecular complexity index is 442. The number of amides is 2. The minimum absolute atomic E-state index is 0.0707. The molecule has 2 fully saturated rings. The molecule has 4 atom stereocenters. The first-order chi connectivity index (χ1) is 9.35. The molecular formula is C13H22N2O4S. The van der Waals surface area contributed by atoms with Gasteiger partial charge in [-0.1, -0.05) is 6.42 Å². The number of hydrogen-bond donors (Lipinski definition) is 2. The summed E-state index contributed by atoms with van der Waals surface area (Å²) in [6.45, 7) is 2.62. The molecule has 1 aliphatic carbocycles. The van der Waals surface area contributed by atoms with Crippen LogP contribution in [0.1, 0.15) is 26.2 Å². The predicted molar refractivity (Wildman–Crippen MR) is 75.9 cm³/mol. The van der Waals surface area contributed by atoms with Crippen molar-refractivity contribution in [2.45, 2.75) is 32.2 Å². The zero-order chi connectivity index (χ0) is 14.9. The largest absolute Gasteiger partial charge is 0.481 e. The van der Waals surface area contributed by atoms with Crippen LogP contribution < -0.4 is 5.32 Å². The van der Waals surface area contributed by atoms with E-state index in [1.54, 1.807) is 11.2 Å². The summed E-state index contributed by atoms with van der Waals surface area (Å²) in [7, 11) is -0.961. The molecule has 1 saturated carbocycles. The molecule has 1 heterocycles. The number of likely N-dealkylation sites (tertiary alicyclic amines) is 1.